The Hall–Kier alpha value is -1.81. The van der Waals surface area contributed by atoms with Gasteiger partial charge in [0.1, 0.15) is 5.03 Å². The van der Waals surface area contributed by atoms with E-state index in [0.717, 1.165) is 9.92 Å². The predicted molar refractivity (Wildman–Crippen MR) is 91.5 cm³/mol. The maximum Gasteiger partial charge on any atom is 0.256 e. The molecule has 0 aliphatic carbocycles. The lowest BCUT2D eigenvalue weighted by Crippen LogP contribution is -2.33. The van der Waals surface area contributed by atoms with E-state index in [9.17, 15) is 4.79 Å². The standard InChI is InChI=1S/C18H22N2OS/c1-12(2)20(5)18(21)15-7-6-10-19-17(15)22-16-9-8-13(3)11-14(16)4/h6-12H,1-5H3. The molecule has 0 unspecified atom stereocenters. The second kappa shape index (κ2) is 6.97. The van der Waals surface area contributed by atoms with Gasteiger partial charge in [-0.05, 0) is 51.5 Å². The molecular formula is C18H22N2OS. The van der Waals surface area contributed by atoms with Crippen LogP contribution < -0.4 is 0 Å². The summed E-state index contributed by atoms with van der Waals surface area (Å²) in [6.07, 6.45) is 1.73. The van der Waals surface area contributed by atoms with E-state index in [-0.39, 0.29) is 11.9 Å². The smallest absolute Gasteiger partial charge is 0.256 e. The Bertz CT molecular complexity index is 683. The number of rotatable bonds is 4. The number of pyridine rings is 1. The lowest BCUT2D eigenvalue weighted by molar-refractivity contribution is 0.0750. The first-order chi connectivity index (χ1) is 10.4. The van der Waals surface area contributed by atoms with Gasteiger partial charge in [-0.1, -0.05) is 29.5 Å². The molecular weight excluding hydrogens is 292 g/mol. The molecule has 1 aromatic heterocycles. The summed E-state index contributed by atoms with van der Waals surface area (Å²) in [6, 6.07) is 10.1. The van der Waals surface area contributed by atoms with E-state index in [1.807, 2.05) is 33.0 Å². The van der Waals surface area contributed by atoms with Gasteiger partial charge in [0.15, 0.2) is 0 Å². The van der Waals surface area contributed by atoms with Crippen LogP contribution in [0.3, 0.4) is 0 Å². The zero-order valence-corrected chi connectivity index (χ0v) is 14.6. The molecule has 0 aliphatic rings. The van der Waals surface area contributed by atoms with Crippen molar-refractivity contribution in [1.82, 2.24) is 9.88 Å². The molecule has 1 heterocycles. The topological polar surface area (TPSA) is 33.2 Å². The van der Waals surface area contributed by atoms with Crippen molar-refractivity contribution in [3.8, 4) is 0 Å². The Morgan fingerprint density at radius 3 is 2.59 bits per heavy atom. The van der Waals surface area contributed by atoms with E-state index in [4.69, 9.17) is 0 Å². The first kappa shape index (κ1) is 16.6. The van der Waals surface area contributed by atoms with Crippen molar-refractivity contribution in [2.75, 3.05) is 7.05 Å². The molecule has 4 heteroatoms. The van der Waals surface area contributed by atoms with Crippen LogP contribution in [0.2, 0.25) is 0 Å². The van der Waals surface area contributed by atoms with E-state index in [1.165, 1.54) is 11.1 Å². The first-order valence-corrected chi connectivity index (χ1v) is 8.19. The molecule has 0 radical (unpaired) electrons. The highest BCUT2D eigenvalue weighted by Crippen LogP contribution is 2.32. The quantitative estimate of drug-likeness (QED) is 0.842. The molecule has 0 spiro atoms. The third-order valence-corrected chi connectivity index (χ3v) is 4.83. The van der Waals surface area contributed by atoms with Crippen LogP contribution in [0.25, 0.3) is 0 Å². The number of benzene rings is 1. The molecule has 0 fully saturated rings. The fourth-order valence-electron chi connectivity index (χ4n) is 2.08. The predicted octanol–water partition coefficient (Wildman–Crippen LogP) is 4.33. The summed E-state index contributed by atoms with van der Waals surface area (Å²) in [7, 11) is 1.82. The van der Waals surface area contributed by atoms with Crippen LogP contribution in [0.15, 0.2) is 46.5 Å². The third-order valence-electron chi connectivity index (χ3n) is 3.63. The van der Waals surface area contributed by atoms with E-state index >= 15 is 0 Å². The molecule has 22 heavy (non-hydrogen) atoms. The van der Waals surface area contributed by atoms with Gasteiger partial charge in [0.05, 0.1) is 5.56 Å². The summed E-state index contributed by atoms with van der Waals surface area (Å²) in [6.45, 7) is 8.17. The van der Waals surface area contributed by atoms with Crippen LogP contribution >= 0.6 is 11.8 Å². The number of hydrogen-bond acceptors (Lipinski definition) is 3. The summed E-state index contributed by atoms with van der Waals surface area (Å²) in [4.78, 5) is 19.9. The van der Waals surface area contributed by atoms with Gasteiger partial charge in [0.2, 0.25) is 0 Å². The number of carbonyl (C=O) groups is 1. The van der Waals surface area contributed by atoms with Crippen LogP contribution in [0.4, 0.5) is 0 Å². The van der Waals surface area contributed by atoms with Crippen LogP contribution in [0.1, 0.15) is 35.3 Å². The monoisotopic (exact) mass is 314 g/mol. The molecule has 1 amide bonds. The van der Waals surface area contributed by atoms with Crippen LogP contribution in [0, 0.1) is 13.8 Å². The first-order valence-electron chi connectivity index (χ1n) is 7.37. The van der Waals surface area contributed by atoms with Crippen molar-refractivity contribution in [3.63, 3.8) is 0 Å². The Morgan fingerprint density at radius 1 is 1.23 bits per heavy atom. The minimum absolute atomic E-state index is 0.00960. The van der Waals surface area contributed by atoms with Crippen molar-refractivity contribution < 1.29 is 4.79 Å². The Kier molecular flexibility index (Phi) is 5.24. The van der Waals surface area contributed by atoms with E-state index in [1.54, 1.807) is 22.9 Å². The summed E-state index contributed by atoms with van der Waals surface area (Å²) in [5.41, 5.74) is 3.09. The zero-order chi connectivity index (χ0) is 16.3. The van der Waals surface area contributed by atoms with Crippen molar-refractivity contribution in [2.45, 2.75) is 43.7 Å². The maximum absolute atomic E-state index is 12.6. The molecule has 0 bridgehead atoms. The van der Waals surface area contributed by atoms with Gasteiger partial charge in [-0.25, -0.2) is 4.98 Å². The van der Waals surface area contributed by atoms with E-state index < -0.39 is 0 Å². The SMILES string of the molecule is Cc1ccc(Sc2ncccc2C(=O)N(C)C(C)C)c(C)c1. The molecule has 0 saturated heterocycles. The average Bonchev–Trinajstić information content (AvgIpc) is 2.49. The fourth-order valence-corrected chi connectivity index (χ4v) is 3.02. The van der Waals surface area contributed by atoms with E-state index in [2.05, 4.69) is 37.0 Å². The molecule has 0 N–H and O–H groups in total. The molecule has 0 atom stereocenters. The van der Waals surface area contributed by atoms with Gasteiger partial charge < -0.3 is 4.90 Å². The largest absolute Gasteiger partial charge is 0.339 e. The summed E-state index contributed by atoms with van der Waals surface area (Å²) < 4.78 is 0. The average molecular weight is 314 g/mol. The zero-order valence-electron chi connectivity index (χ0n) is 13.8. The Labute approximate surface area is 136 Å². The minimum atomic E-state index is 0.00960. The number of aryl methyl sites for hydroxylation is 2. The number of nitrogens with zero attached hydrogens (tertiary/aromatic N) is 2. The fraction of sp³-hybridized carbons (Fsp3) is 0.333. The van der Waals surface area contributed by atoms with Gasteiger partial charge in [-0.2, -0.15) is 0 Å². The second-order valence-electron chi connectivity index (χ2n) is 5.74. The normalized spacial score (nSPS) is 10.8. The number of hydrogen-bond donors (Lipinski definition) is 0. The molecule has 2 rings (SSSR count). The summed E-state index contributed by atoms with van der Waals surface area (Å²) in [5.74, 6) is 0.00960. The third kappa shape index (κ3) is 3.69. The maximum atomic E-state index is 12.6. The molecule has 116 valence electrons. The molecule has 1 aromatic carbocycles. The van der Waals surface area contributed by atoms with Crippen LogP contribution in [-0.2, 0) is 0 Å². The Morgan fingerprint density at radius 2 is 1.95 bits per heavy atom. The van der Waals surface area contributed by atoms with Gasteiger partial charge in [-0.15, -0.1) is 0 Å². The number of aromatic nitrogens is 1. The van der Waals surface area contributed by atoms with Gasteiger partial charge in [-0.3, -0.25) is 4.79 Å². The summed E-state index contributed by atoms with van der Waals surface area (Å²) >= 11 is 1.55. The minimum Gasteiger partial charge on any atom is -0.339 e. The van der Waals surface area contributed by atoms with Gasteiger partial charge in [0.25, 0.3) is 5.91 Å². The highest BCUT2D eigenvalue weighted by atomic mass is 32.2. The van der Waals surface area contributed by atoms with Crippen LogP contribution in [0.5, 0.6) is 0 Å². The van der Waals surface area contributed by atoms with E-state index in [0.29, 0.717) is 5.56 Å². The van der Waals surface area contributed by atoms with Gasteiger partial charge >= 0.3 is 0 Å². The molecule has 0 aliphatic heterocycles. The molecule has 2 aromatic rings. The highest BCUT2D eigenvalue weighted by Gasteiger charge is 2.19. The van der Waals surface area contributed by atoms with Crippen molar-refractivity contribution in [2.24, 2.45) is 0 Å². The highest BCUT2D eigenvalue weighted by molar-refractivity contribution is 7.99. The lowest BCUT2D eigenvalue weighted by Gasteiger charge is -2.22. The van der Waals surface area contributed by atoms with Crippen molar-refractivity contribution >= 4 is 17.7 Å². The number of carbonyl (C=O) groups excluding carboxylic acids is 1. The number of amides is 1. The van der Waals surface area contributed by atoms with Crippen molar-refractivity contribution in [3.05, 3.63) is 53.2 Å². The lowest BCUT2D eigenvalue weighted by atomic mass is 10.2. The Balaban J connectivity index is 2.34. The molecule has 3 nitrogen and oxygen atoms in total. The van der Waals surface area contributed by atoms with Gasteiger partial charge in [0, 0.05) is 24.2 Å². The van der Waals surface area contributed by atoms with Crippen molar-refractivity contribution in [1.29, 1.82) is 0 Å². The van der Waals surface area contributed by atoms with Crippen LogP contribution in [-0.4, -0.2) is 28.9 Å². The second-order valence-corrected chi connectivity index (χ2v) is 6.77. The molecule has 0 saturated carbocycles. The summed E-state index contributed by atoms with van der Waals surface area (Å²) in [5, 5.41) is 0.756.